The van der Waals surface area contributed by atoms with E-state index >= 15 is 0 Å². The van der Waals surface area contributed by atoms with Gasteiger partial charge in [-0.1, -0.05) is 13.8 Å². The van der Waals surface area contributed by atoms with Gasteiger partial charge in [-0.05, 0) is 23.7 Å². The summed E-state index contributed by atoms with van der Waals surface area (Å²) in [4.78, 5) is 10.9. The highest BCUT2D eigenvalue weighted by molar-refractivity contribution is 5.82. The molecule has 2 fully saturated rings. The number of carbonyl (C=O) groups is 1. The van der Waals surface area contributed by atoms with E-state index in [0.717, 1.165) is 36.5 Å². The van der Waals surface area contributed by atoms with Crippen LogP contribution in [-0.4, -0.2) is 5.78 Å². The van der Waals surface area contributed by atoms with Crippen LogP contribution in [0.5, 0.6) is 0 Å². The highest BCUT2D eigenvalue weighted by Crippen LogP contribution is 2.59. The van der Waals surface area contributed by atoms with Crippen molar-refractivity contribution in [3.63, 3.8) is 0 Å². The fourth-order valence-electron chi connectivity index (χ4n) is 2.65. The summed E-state index contributed by atoms with van der Waals surface area (Å²) in [6.45, 7) is 4.54. The zero-order valence-corrected chi connectivity index (χ0v) is 6.63. The Morgan fingerprint density at radius 3 is 2.20 bits per heavy atom. The highest BCUT2D eigenvalue weighted by Gasteiger charge is 2.56. The molecule has 2 unspecified atom stereocenters. The molecule has 0 aromatic rings. The summed E-state index contributed by atoms with van der Waals surface area (Å²) in [7, 11) is 0. The van der Waals surface area contributed by atoms with Crippen LogP contribution in [0.2, 0.25) is 0 Å². The molecule has 56 valence electrons. The monoisotopic (exact) mass is 138 g/mol. The quantitative estimate of drug-likeness (QED) is 0.540. The van der Waals surface area contributed by atoms with Gasteiger partial charge in [0, 0.05) is 12.8 Å². The highest BCUT2D eigenvalue weighted by atomic mass is 16.1. The lowest BCUT2D eigenvalue weighted by Crippen LogP contribution is -2.02. The summed E-state index contributed by atoms with van der Waals surface area (Å²) in [5, 5.41) is 0. The van der Waals surface area contributed by atoms with Crippen LogP contribution in [0.25, 0.3) is 0 Å². The summed E-state index contributed by atoms with van der Waals surface area (Å²) in [6, 6.07) is 0. The summed E-state index contributed by atoms with van der Waals surface area (Å²) in [5.74, 6) is 3.81. The van der Waals surface area contributed by atoms with Crippen LogP contribution in [0, 0.1) is 23.7 Å². The Labute approximate surface area is 61.8 Å². The first-order valence-electron chi connectivity index (χ1n) is 4.22. The largest absolute Gasteiger partial charge is 0.300 e. The first kappa shape index (κ1) is 6.38. The zero-order chi connectivity index (χ0) is 7.30. The maximum atomic E-state index is 10.9. The molecule has 0 heterocycles. The second-order valence-corrected chi connectivity index (χ2v) is 4.10. The van der Waals surface area contributed by atoms with Crippen LogP contribution in [0.4, 0.5) is 0 Å². The molecule has 0 N–H and O–H groups in total. The molecule has 2 aliphatic carbocycles. The predicted octanol–water partition coefficient (Wildman–Crippen LogP) is 1.87. The maximum absolute atomic E-state index is 10.9. The van der Waals surface area contributed by atoms with Gasteiger partial charge in [-0.25, -0.2) is 0 Å². The Morgan fingerprint density at radius 1 is 1.30 bits per heavy atom. The van der Waals surface area contributed by atoms with Gasteiger partial charge < -0.3 is 0 Å². The lowest BCUT2D eigenvalue weighted by atomic mass is 10.0. The van der Waals surface area contributed by atoms with E-state index in [2.05, 4.69) is 13.8 Å². The molecule has 2 aliphatic rings. The van der Waals surface area contributed by atoms with Gasteiger partial charge in [0.1, 0.15) is 5.78 Å². The molecule has 0 aromatic carbocycles. The first-order chi connectivity index (χ1) is 4.70. The Balaban J connectivity index is 1.97. The van der Waals surface area contributed by atoms with Crippen molar-refractivity contribution in [2.75, 3.05) is 0 Å². The molecule has 10 heavy (non-hydrogen) atoms. The molecule has 2 rings (SSSR count). The van der Waals surface area contributed by atoms with E-state index in [0.29, 0.717) is 5.78 Å². The minimum atomic E-state index is 0.506. The van der Waals surface area contributed by atoms with E-state index in [9.17, 15) is 4.79 Å². The Morgan fingerprint density at radius 2 is 1.80 bits per heavy atom. The van der Waals surface area contributed by atoms with E-state index in [4.69, 9.17) is 0 Å². The third kappa shape index (κ3) is 0.727. The normalized spacial score (nSPS) is 44.3. The van der Waals surface area contributed by atoms with Gasteiger partial charge in [-0.15, -0.1) is 0 Å². The molecular weight excluding hydrogens is 124 g/mol. The minimum Gasteiger partial charge on any atom is -0.300 e. The minimum absolute atomic E-state index is 0.506. The maximum Gasteiger partial charge on any atom is 0.133 e. The average molecular weight is 138 g/mol. The number of Topliss-reactive ketones (excluding diaryl/α,β-unsaturated/α-hetero) is 1. The molecule has 0 aromatic heterocycles. The molecule has 0 spiro atoms. The van der Waals surface area contributed by atoms with E-state index in [1.807, 2.05) is 0 Å². The summed E-state index contributed by atoms with van der Waals surface area (Å²) in [6.07, 6.45) is 1.79. The van der Waals surface area contributed by atoms with Gasteiger partial charge in [0.05, 0.1) is 0 Å². The standard InChI is InChI=1S/C9H14O/c1-5(2)9-7-3-6(10)4-8(7)9/h5,7-9H,3-4H2,1-2H3/t7-,8?,9?/m1/s1. The number of fused-ring (bicyclic) bond motifs is 1. The van der Waals surface area contributed by atoms with Crippen molar-refractivity contribution < 1.29 is 4.79 Å². The molecule has 0 amide bonds. The number of rotatable bonds is 1. The topological polar surface area (TPSA) is 17.1 Å². The molecular formula is C9H14O. The third-order valence-corrected chi connectivity index (χ3v) is 3.09. The molecule has 0 aliphatic heterocycles. The van der Waals surface area contributed by atoms with Gasteiger partial charge in [-0.2, -0.15) is 0 Å². The zero-order valence-electron chi connectivity index (χ0n) is 6.63. The summed E-state index contributed by atoms with van der Waals surface area (Å²) >= 11 is 0. The number of ketones is 1. The van der Waals surface area contributed by atoms with Crippen molar-refractivity contribution in [1.29, 1.82) is 0 Å². The van der Waals surface area contributed by atoms with E-state index in [-0.39, 0.29) is 0 Å². The lowest BCUT2D eigenvalue weighted by molar-refractivity contribution is -0.118. The molecule has 2 saturated carbocycles. The van der Waals surface area contributed by atoms with Gasteiger partial charge in [0.15, 0.2) is 0 Å². The van der Waals surface area contributed by atoms with Crippen molar-refractivity contribution in [3.05, 3.63) is 0 Å². The smallest absolute Gasteiger partial charge is 0.133 e. The van der Waals surface area contributed by atoms with Gasteiger partial charge in [0.25, 0.3) is 0 Å². The first-order valence-corrected chi connectivity index (χ1v) is 4.22. The third-order valence-electron chi connectivity index (χ3n) is 3.09. The SMILES string of the molecule is CC(C)C1C2CC(=O)C[C@H]21. The number of hydrogen-bond acceptors (Lipinski definition) is 1. The van der Waals surface area contributed by atoms with Gasteiger partial charge >= 0.3 is 0 Å². The molecule has 1 heteroatoms. The van der Waals surface area contributed by atoms with Crippen molar-refractivity contribution in [2.45, 2.75) is 26.7 Å². The Hall–Kier alpha value is -0.330. The number of carbonyl (C=O) groups excluding carboxylic acids is 1. The molecule has 0 bridgehead atoms. The fourth-order valence-corrected chi connectivity index (χ4v) is 2.65. The molecule has 3 atom stereocenters. The Bertz CT molecular complexity index is 158. The van der Waals surface area contributed by atoms with Crippen molar-refractivity contribution in [3.8, 4) is 0 Å². The van der Waals surface area contributed by atoms with E-state index in [1.54, 1.807) is 0 Å². The van der Waals surface area contributed by atoms with Crippen LogP contribution >= 0.6 is 0 Å². The van der Waals surface area contributed by atoms with Gasteiger partial charge in [-0.3, -0.25) is 4.79 Å². The van der Waals surface area contributed by atoms with E-state index < -0.39 is 0 Å². The fraction of sp³-hybridized carbons (Fsp3) is 0.889. The van der Waals surface area contributed by atoms with Crippen LogP contribution in [-0.2, 0) is 4.79 Å². The summed E-state index contributed by atoms with van der Waals surface area (Å²) < 4.78 is 0. The van der Waals surface area contributed by atoms with Crippen LogP contribution in [0.3, 0.4) is 0 Å². The second-order valence-electron chi connectivity index (χ2n) is 4.10. The lowest BCUT2D eigenvalue weighted by Gasteiger charge is -2.04. The number of hydrogen-bond donors (Lipinski definition) is 0. The van der Waals surface area contributed by atoms with E-state index in [1.165, 1.54) is 0 Å². The van der Waals surface area contributed by atoms with Crippen molar-refractivity contribution >= 4 is 5.78 Å². The second kappa shape index (κ2) is 1.84. The average Bonchev–Trinajstić information content (AvgIpc) is 2.32. The Kier molecular flexibility index (Phi) is 1.17. The van der Waals surface area contributed by atoms with Crippen molar-refractivity contribution in [1.82, 2.24) is 0 Å². The molecule has 0 radical (unpaired) electrons. The predicted molar refractivity (Wildman–Crippen MR) is 39.5 cm³/mol. The summed E-state index contributed by atoms with van der Waals surface area (Å²) in [5.41, 5.74) is 0. The van der Waals surface area contributed by atoms with Crippen LogP contribution in [0.15, 0.2) is 0 Å². The van der Waals surface area contributed by atoms with Crippen molar-refractivity contribution in [2.24, 2.45) is 23.7 Å². The van der Waals surface area contributed by atoms with Gasteiger partial charge in [0.2, 0.25) is 0 Å². The molecule has 0 saturated heterocycles. The molecule has 1 nitrogen and oxygen atoms in total. The van der Waals surface area contributed by atoms with Crippen LogP contribution in [0.1, 0.15) is 26.7 Å². The van der Waals surface area contributed by atoms with Crippen LogP contribution < -0.4 is 0 Å².